The van der Waals surface area contributed by atoms with Crippen LogP contribution in [0.2, 0.25) is 0 Å². The zero-order valence-corrected chi connectivity index (χ0v) is 11.9. The summed E-state index contributed by atoms with van der Waals surface area (Å²) in [4.78, 5) is 11.8. The largest absolute Gasteiger partial charge is 0.493 e. The average Bonchev–Trinajstić information content (AvgIpc) is 3.03. The van der Waals surface area contributed by atoms with Crippen LogP contribution in [0.5, 0.6) is 17.2 Å². The van der Waals surface area contributed by atoms with Crippen molar-refractivity contribution in [1.29, 1.82) is 0 Å². The maximum absolute atomic E-state index is 11.8. The van der Waals surface area contributed by atoms with Crippen LogP contribution in [0.1, 0.15) is 5.76 Å². The molecule has 0 spiro atoms. The average molecular weight is 291 g/mol. The molecular weight excluding hydrogens is 274 g/mol. The highest BCUT2D eigenvalue weighted by molar-refractivity contribution is 5.77. The molecule has 1 aromatic heterocycles. The Bertz CT molecular complexity index is 558. The first kappa shape index (κ1) is 14.8. The number of carbonyl (C=O) groups is 1. The number of ether oxygens (including phenoxy) is 3. The van der Waals surface area contributed by atoms with Crippen molar-refractivity contribution in [1.82, 2.24) is 5.32 Å². The molecule has 0 atom stereocenters. The van der Waals surface area contributed by atoms with Crippen molar-refractivity contribution in [3.8, 4) is 17.2 Å². The zero-order chi connectivity index (χ0) is 15.1. The maximum Gasteiger partial charge on any atom is 0.258 e. The monoisotopic (exact) mass is 291 g/mol. The Morgan fingerprint density at radius 2 is 1.86 bits per heavy atom. The molecule has 0 unspecified atom stereocenters. The molecule has 0 aliphatic rings. The summed E-state index contributed by atoms with van der Waals surface area (Å²) in [5.74, 6) is 1.83. The Kier molecular flexibility index (Phi) is 5.09. The number of carbonyl (C=O) groups excluding carboxylic acids is 1. The van der Waals surface area contributed by atoms with Crippen molar-refractivity contribution < 1.29 is 23.4 Å². The third-order valence-corrected chi connectivity index (χ3v) is 2.77. The predicted octanol–water partition coefficient (Wildman–Crippen LogP) is 1.99. The molecule has 0 aliphatic carbocycles. The highest BCUT2D eigenvalue weighted by Crippen LogP contribution is 2.36. The van der Waals surface area contributed by atoms with Crippen LogP contribution >= 0.6 is 0 Å². The smallest absolute Gasteiger partial charge is 0.258 e. The summed E-state index contributed by atoms with van der Waals surface area (Å²) in [7, 11) is 3.05. The molecule has 0 saturated carbocycles. The molecule has 1 amide bonds. The van der Waals surface area contributed by atoms with E-state index in [-0.39, 0.29) is 12.5 Å². The third-order valence-electron chi connectivity index (χ3n) is 2.77. The van der Waals surface area contributed by atoms with Gasteiger partial charge in [-0.25, -0.2) is 0 Å². The molecular formula is C15H17NO5. The number of methoxy groups -OCH3 is 2. The van der Waals surface area contributed by atoms with E-state index in [1.165, 1.54) is 14.2 Å². The molecule has 0 bridgehead atoms. The second-order valence-corrected chi connectivity index (χ2v) is 4.14. The molecule has 2 rings (SSSR count). The minimum Gasteiger partial charge on any atom is -0.493 e. The van der Waals surface area contributed by atoms with Crippen LogP contribution in [0.25, 0.3) is 0 Å². The molecule has 6 nitrogen and oxygen atoms in total. The second kappa shape index (κ2) is 7.23. The molecule has 1 N–H and O–H groups in total. The Morgan fingerprint density at radius 1 is 1.14 bits per heavy atom. The fourth-order valence-electron chi connectivity index (χ4n) is 1.75. The number of benzene rings is 1. The normalized spacial score (nSPS) is 10.0. The first-order chi connectivity index (χ1) is 10.2. The summed E-state index contributed by atoms with van der Waals surface area (Å²) in [6, 6.07) is 8.79. The van der Waals surface area contributed by atoms with Gasteiger partial charge in [-0.15, -0.1) is 0 Å². The minimum absolute atomic E-state index is 0.141. The van der Waals surface area contributed by atoms with Gasteiger partial charge in [-0.1, -0.05) is 6.07 Å². The lowest BCUT2D eigenvalue weighted by atomic mass is 10.3. The third kappa shape index (κ3) is 3.92. The van der Waals surface area contributed by atoms with Gasteiger partial charge in [0.25, 0.3) is 5.91 Å². The molecule has 1 aromatic carbocycles. The quantitative estimate of drug-likeness (QED) is 0.845. The molecule has 0 fully saturated rings. The SMILES string of the molecule is COc1cccc(OC)c1OCC(=O)NCc1ccco1. The molecule has 2 aromatic rings. The first-order valence-electron chi connectivity index (χ1n) is 6.37. The fourth-order valence-corrected chi connectivity index (χ4v) is 1.75. The van der Waals surface area contributed by atoms with Gasteiger partial charge in [0.15, 0.2) is 18.1 Å². The van der Waals surface area contributed by atoms with E-state index in [9.17, 15) is 4.79 Å². The van der Waals surface area contributed by atoms with Crippen LogP contribution in [-0.4, -0.2) is 26.7 Å². The van der Waals surface area contributed by atoms with Crippen LogP contribution in [0.4, 0.5) is 0 Å². The summed E-state index contributed by atoms with van der Waals surface area (Å²) >= 11 is 0. The van der Waals surface area contributed by atoms with Gasteiger partial charge >= 0.3 is 0 Å². The van der Waals surface area contributed by atoms with E-state index in [0.717, 1.165) is 0 Å². The Hall–Kier alpha value is -2.63. The van der Waals surface area contributed by atoms with E-state index in [4.69, 9.17) is 18.6 Å². The van der Waals surface area contributed by atoms with Crippen molar-refractivity contribution in [2.24, 2.45) is 0 Å². The molecule has 0 saturated heterocycles. The van der Waals surface area contributed by atoms with Gasteiger partial charge in [0.1, 0.15) is 5.76 Å². The van der Waals surface area contributed by atoms with Crippen molar-refractivity contribution in [3.63, 3.8) is 0 Å². The molecule has 1 heterocycles. The number of hydrogen-bond acceptors (Lipinski definition) is 5. The molecule has 21 heavy (non-hydrogen) atoms. The summed E-state index contributed by atoms with van der Waals surface area (Å²) in [6.07, 6.45) is 1.55. The topological polar surface area (TPSA) is 69.9 Å². The Labute approximate surface area is 122 Å². The lowest BCUT2D eigenvalue weighted by molar-refractivity contribution is -0.123. The van der Waals surface area contributed by atoms with E-state index in [1.807, 2.05) is 0 Å². The van der Waals surface area contributed by atoms with Crippen LogP contribution in [0.3, 0.4) is 0 Å². The van der Waals surface area contributed by atoms with Gasteiger partial charge in [0, 0.05) is 0 Å². The number of hydrogen-bond donors (Lipinski definition) is 1. The van der Waals surface area contributed by atoms with Crippen LogP contribution in [0.15, 0.2) is 41.0 Å². The molecule has 112 valence electrons. The summed E-state index contributed by atoms with van der Waals surface area (Å²) < 4.78 is 21.0. The number of amides is 1. The number of rotatable bonds is 7. The Morgan fingerprint density at radius 3 is 2.43 bits per heavy atom. The summed E-state index contributed by atoms with van der Waals surface area (Å²) in [6.45, 7) is 0.176. The van der Waals surface area contributed by atoms with E-state index < -0.39 is 0 Å². The zero-order valence-electron chi connectivity index (χ0n) is 11.9. The summed E-state index contributed by atoms with van der Waals surface area (Å²) in [5.41, 5.74) is 0. The number of para-hydroxylation sites is 1. The van der Waals surface area contributed by atoms with Crippen LogP contribution in [0, 0.1) is 0 Å². The second-order valence-electron chi connectivity index (χ2n) is 4.14. The molecule has 6 heteroatoms. The van der Waals surface area contributed by atoms with Crippen molar-refractivity contribution in [3.05, 3.63) is 42.4 Å². The first-order valence-corrected chi connectivity index (χ1v) is 6.37. The Balaban J connectivity index is 1.91. The van der Waals surface area contributed by atoms with Crippen molar-refractivity contribution >= 4 is 5.91 Å². The van der Waals surface area contributed by atoms with Crippen LogP contribution in [-0.2, 0) is 11.3 Å². The highest BCUT2D eigenvalue weighted by atomic mass is 16.5. The van der Waals surface area contributed by atoms with E-state index in [0.29, 0.717) is 29.6 Å². The fraction of sp³-hybridized carbons (Fsp3) is 0.267. The standard InChI is InChI=1S/C15H17NO5/c1-18-12-6-3-7-13(19-2)15(12)21-10-14(17)16-9-11-5-4-8-20-11/h3-8H,9-10H2,1-2H3,(H,16,17). The van der Waals surface area contributed by atoms with Gasteiger partial charge in [-0.3, -0.25) is 4.79 Å². The van der Waals surface area contributed by atoms with E-state index in [2.05, 4.69) is 5.32 Å². The summed E-state index contributed by atoms with van der Waals surface area (Å²) in [5, 5.41) is 2.69. The predicted molar refractivity (Wildman–Crippen MR) is 75.6 cm³/mol. The molecule has 0 radical (unpaired) electrons. The van der Waals surface area contributed by atoms with Gasteiger partial charge < -0.3 is 23.9 Å². The van der Waals surface area contributed by atoms with Gasteiger partial charge in [0.2, 0.25) is 5.75 Å². The lowest BCUT2D eigenvalue weighted by Gasteiger charge is -2.13. The van der Waals surface area contributed by atoms with Gasteiger partial charge in [-0.05, 0) is 24.3 Å². The van der Waals surface area contributed by atoms with E-state index in [1.54, 1.807) is 36.6 Å². The minimum atomic E-state index is -0.264. The lowest BCUT2D eigenvalue weighted by Crippen LogP contribution is -2.28. The number of furan rings is 1. The van der Waals surface area contributed by atoms with E-state index >= 15 is 0 Å². The molecule has 0 aliphatic heterocycles. The van der Waals surface area contributed by atoms with Crippen molar-refractivity contribution in [2.45, 2.75) is 6.54 Å². The van der Waals surface area contributed by atoms with Crippen LogP contribution < -0.4 is 19.5 Å². The van der Waals surface area contributed by atoms with Gasteiger partial charge in [0.05, 0.1) is 27.0 Å². The van der Waals surface area contributed by atoms with Gasteiger partial charge in [-0.2, -0.15) is 0 Å². The highest BCUT2D eigenvalue weighted by Gasteiger charge is 2.13. The number of nitrogens with one attached hydrogen (secondary N) is 1. The van der Waals surface area contributed by atoms with Crippen molar-refractivity contribution in [2.75, 3.05) is 20.8 Å². The maximum atomic E-state index is 11.8.